The van der Waals surface area contributed by atoms with Crippen LogP contribution < -0.4 is 14.8 Å². The molecule has 29 heavy (non-hydrogen) atoms. The molecule has 0 unspecified atom stereocenters. The predicted octanol–water partition coefficient (Wildman–Crippen LogP) is 2.06. The molecule has 2 N–H and O–H groups in total. The van der Waals surface area contributed by atoms with Crippen molar-refractivity contribution in [2.45, 2.75) is 32.4 Å². The summed E-state index contributed by atoms with van der Waals surface area (Å²) in [5.74, 6) is 1.22. The van der Waals surface area contributed by atoms with Gasteiger partial charge in [0.25, 0.3) is 5.82 Å². The van der Waals surface area contributed by atoms with Crippen LogP contribution in [0, 0.1) is 4.77 Å². The molecule has 6 heteroatoms. The van der Waals surface area contributed by atoms with Crippen molar-refractivity contribution >= 4 is 18.0 Å². The predicted molar refractivity (Wildman–Crippen MR) is 117 cm³/mol. The Labute approximate surface area is 177 Å². The topological polar surface area (TPSA) is 31.7 Å². The van der Waals surface area contributed by atoms with E-state index in [4.69, 9.17) is 12.2 Å². The molecule has 1 aliphatic heterocycles. The lowest BCUT2D eigenvalue weighted by molar-refractivity contribution is -0.923. The summed E-state index contributed by atoms with van der Waals surface area (Å²) in [6.45, 7) is 5.40. The number of aromatic amines is 1. The first-order valence-corrected chi connectivity index (χ1v) is 11.2. The highest BCUT2D eigenvalue weighted by Gasteiger charge is 2.28. The minimum absolute atomic E-state index is 0.967. The number of pyridine rings is 1. The molecule has 1 aromatic carbocycles. The lowest BCUT2D eigenvalue weighted by Crippen LogP contribution is -3.14. The van der Waals surface area contributed by atoms with Gasteiger partial charge in [0.05, 0.1) is 6.20 Å². The SMILES string of the molecule is S=c1n(C[NH+]2CCN(c3cccc[nH+]3)CC2)c2c(n1-c1ccccc1)CCCC2. The Balaban J connectivity index is 1.38. The number of aromatic nitrogens is 3. The molecule has 1 fully saturated rings. The lowest BCUT2D eigenvalue weighted by Gasteiger charge is -2.29. The van der Waals surface area contributed by atoms with Crippen molar-refractivity contribution in [3.63, 3.8) is 0 Å². The van der Waals surface area contributed by atoms with E-state index in [-0.39, 0.29) is 0 Å². The van der Waals surface area contributed by atoms with Crippen LogP contribution in [-0.2, 0) is 19.5 Å². The summed E-state index contributed by atoms with van der Waals surface area (Å²) in [4.78, 5) is 7.43. The molecule has 0 saturated carbocycles. The third-order valence-electron chi connectivity index (χ3n) is 6.33. The van der Waals surface area contributed by atoms with E-state index in [1.807, 2.05) is 12.3 Å². The van der Waals surface area contributed by atoms with Gasteiger partial charge in [-0.15, -0.1) is 0 Å². The molecule has 0 atom stereocenters. The largest absolute Gasteiger partial charge is 0.311 e. The minimum atomic E-state index is 0.967. The van der Waals surface area contributed by atoms with Crippen LogP contribution in [0.3, 0.4) is 0 Å². The highest BCUT2D eigenvalue weighted by atomic mass is 32.1. The number of quaternary nitrogens is 1. The van der Waals surface area contributed by atoms with E-state index < -0.39 is 0 Å². The summed E-state index contributed by atoms with van der Waals surface area (Å²) in [6, 6.07) is 16.9. The normalized spacial score (nSPS) is 17.3. The number of para-hydroxylation sites is 1. The molecule has 0 amide bonds. The van der Waals surface area contributed by atoms with E-state index in [1.54, 1.807) is 4.90 Å². The van der Waals surface area contributed by atoms with Gasteiger partial charge >= 0.3 is 0 Å². The summed E-state index contributed by atoms with van der Waals surface area (Å²) < 4.78 is 5.74. The van der Waals surface area contributed by atoms with Crippen LogP contribution in [0.15, 0.2) is 54.7 Å². The van der Waals surface area contributed by atoms with Crippen LogP contribution in [0.2, 0.25) is 0 Å². The van der Waals surface area contributed by atoms with Gasteiger partial charge in [-0.25, -0.2) is 4.98 Å². The number of nitrogens with zero attached hydrogens (tertiary/aromatic N) is 3. The van der Waals surface area contributed by atoms with Crippen molar-refractivity contribution in [3.8, 4) is 5.69 Å². The highest BCUT2D eigenvalue weighted by molar-refractivity contribution is 7.71. The Morgan fingerprint density at radius 3 is 2.34 bits per heavy atom. The van der Waals surface area contributed by atoms with E-state index in [1.165, 1.54) is 35.7 Å². The zero-order valence-corrected chi connectivity index (χ0v) is 17.6. The van der Waals surface area contributed by atoms with Crippen LogP contribution >= 0.6 is 12.2 Å². The van der Waals surface area contributed by atoms with Crippen molar-refractivity contribution in [1.29, 1.82) is 0 Å². The van der Waals surface area contributed by atoms with Crippen LogP contribution in [0.25, 0.3) is 5.69 Å². The molecule has 3 heterocycles. The van der Waals surface area contributed by atoms with Crippen LogP contribution in [-0.4, -0.2) is 35.3 Å². The summed E-state index contributed by atoms with van der Waals surface area (Å²) in [7, 11) is 0. The van der Waals surface area contributed by atoms with Gasteiger partial charge in [0.1, 0.15) is 26.2 Å². The number of benzene rings is 1. The highest BCUT2D eigenvalue weighted by Crippen LogP contribution is 2.26. The summed E-state index contributed by atoms with van der Waals surface area (Å²) >= 11 is 6.01. The van der Waals surface area contributed by atoms with Crippen molar-refractivity contribution < 1.29 is 9.88 Å². The molecular formula is C23H29N5S+2. The average molecular weight is 408 g/mol. The number of nitrogens with one attached hydrogen (secondary N) is 2. The van der Waals surface area contributed by atoms with Gasteiger partial charge < -0.3 is 4.90 Å². The first-order valence-electron chi connectivity index (χ1n) is 10.8. The zero-order chi connectivity index (χ0) is 19.6. The number of hydrogen-bond donors (Lipinski definition) is 1. The van der Waals surface area contributed by atoms with Crippen molar-refractivity contribution in [3.05, 3.63) is 70.9 Å². The first kappa shape index (κ1) is 18.6. The van der Waals surface area contributed by atoms with Gasteiger partial charge in [0.2, 0.25) is 0 Å². The maximum Gasteiger partial charge on any atom is 0.274 e. The number of rotatable bonds is 4. The molecule has 5 rings (SSSR count). The summed E-state index contributed by atoms with van der Waals surface area (Å²) in [5, 5.41) is 0. The second kappa shape index (κ2) is 8.13. The van der Waals surface area contributed by atoms with Crippen LogP contribution in [0.4, 0.5) is 5.82 Å². The van der Waals surface area contributed by atoms with Crippen LogP contribution in [0.5, 0.6) is 0 Å². The third-order valence-corrected chi connectivity index (χ3v) is 6.73. The van der Waals surface area contributed by atoms with Crippen molar-refractivity contribution in [2.75, 3.05) is 31.1 Å². The number of piperazine rings is 1. The smallest absolute Gasteiger partial charge is 0.274 e. The fourth-order valence-electron chi connectivity index (χ4n) is 4.79. The molecular weight excluding hydrogens is 378 g/mol. The molecule has 3 aromatic rings. The number of hydrogen-bond acceptors (Lipinski definition) is 2. The summed E-state index contributed by atoms with van der Waals surface area (Å²) in [6.07, 6.45) is 6.82. The maximum atomic E-state index is 6.01. The third kappa shape index (κ3) is 3.63. The van der Waals surface area contributed by atoms with Gasteiger partial charge in [0, 0.05) is 23.1 Å². The molecule has 0 spiro atoms. The van der Waals surface area contributed by atoms with Gasteiger partial charge in [-0.2, -0.15) is 0 Å². The van der Waals surface area contributed by atoms with E-state index in [0.717, 1.165) is 50.5 Å². The Morgan fingerprint density at radius 2 is 1.62 bits per heavy atom. The molecule has 1 saturated heterocycles. The van der Waals surface area contributed by atoms with E-state index in [0.29, 0.717) is 0 Å². The molecule has 2 aliphatic rings. The fraction of sp³-hybridized carbons (Fsp3) is 0.391. The number of anilines is 1. The summed E-state index contributed by atoms with van der Waals surface area (Å²) in [5.41, 5.74) is 4.11. The molecule has 5 nitrogen and oxygen atoms in total. The Morgan fingerprint density at radius 1 is 0.897 bits per heavy atom. The van der Waals surface area contributed by atoms with Gasteiger partial charge in [-0.1, -0.05) is 24.3 Å². The molecule has 1 aliphatic carbocycles. The van der Waals surface area contributed by atoms with Crippen LogP contribution in [0.1, 0.15) is 24.2 Å². The van der Waals surface area contributed by atoms with Crippen molar-refractivity contribution in [2.24, 2.45) is 0 Å². The van der Waals surface area contributed by atoms with Gasteiger partial charge in [0.15, 0.2) is 11.4 Å². The lowest BCUT2D eigenvalue weighted by atomic mass is 10.0. The van der Waals surface area contributed by atoms with Gasteiger partial charge in [-0.3, -0.25) is 14.0 Å². The molecule has 0 radical (unpaired) electrons. The van der Waals surface area contributed by atoms with E-state index in [2.05, 4.69) is 61.5 Å². The number of imidazole rings is 1. The van der Waals surface area contributed by atoms with E-state index in [9.17, 15) is 0 Å². The first-order chi connectivity index (χ1) is 14.3. The maximum absolute atomic E-state index is 6.01. The second-order valence-electron chi connectivity index (χ2n) is 8.13. The molecule has 150 valence electrons. The molecule has 0 bridgehead atoms. The van der Waals surface area contributed by atoms with E-state index >= 15 is 0 Å². The second-order valence-corrected chi connectivity index (χ2v) is 8.49. The Bertz CT molecular complexity index is 1020. The average Bonchev–Trinajstić information content (AvgIpc) is 3.07. The number of fused-ring (bicyclic) bond motifs is 1. The van der Waals surface area contributed by atoms with Gasteiger partial charge in [-0.05, 0) is 56.1 Å². The Kier molecular flexibility index (Phi) is 5.21. The monoisotopic (exact) mass is 407 g/mol. The standard InChI is InChI=1S/C23H27N5S/c29-23-27(18-25-14-16-26(17-15-25)22-12-6-7-13-24-22)20-10-4-5-11-21(20)28(23)19-8-2-1-3-9-19/h1-3,6-9,12-13H,4-5,10-11,14-18H2/p+2. The minimum Gasteiger partial charge on any atom is -0.311 e. The fourth-order valence-corrected chi connectivity index (χ4v) is 5.18. The Hall–Kier alpha value is -2.44. The molecule has 2 aromatic heterocycles. The zero-order valence-electron chi connectivity index (χ0n) is 16.8. The quantitative estimate of drug-likeness (QED) is 0.672. The van der Waals surface area contributed by atoms with Crippen molar-refractivity contribution in [1.82, 2.24) is 9.13 Å². The number of H-pyrrole nitrogens is 1.